The second-order valence-electron chi connectivity index (χ2n) is 8.26. The van der Waals surface area contributed by atoms with E-state index >= 15 is 0 Å². The molecule has 5 heteroatoms. The minimum atomic E-state index is -0.339. The molecule has 1 unspecified atom stereocenters. The van der Waals surface area contributed by atoms with Crippen LogP contribution in [0.1, 0.15) is 34.1 Å². The van der Waals surface area contributed by atoms with Crippen molar-refractivity contribution in [3.05, 3.63) is 23.8 Å². The number of esters is 1. The van der Waals surface area contributed by atoms with Gasteiger partial charge in [0.1, 0.15) is 17.8 Å². The summed E-state index contributed by atoms with van der Waals surface area (Å²) in [5.41, 5.74) is 0.332. The number of hydrogen-bond donors (Lipinski definition) is 0. The lowest BCUT2D eigenvalue weighted by atomic mass is 9.52. The molecule has 0 N–H and O–H groups in total. The van der Waals surface area contributed by atoms with Crippen LogP contribution in [0.2, 0.25) is 0 Å². The molecule has 4 fully saturated rings. The summed E-state index contributed by atoms with van der Waals surface area (Å²) in [7, 11) is 0. The van der Waals surface area contributed by atoms with Crippen molar-refractivity contribution in [2.75, 3.05) is 6.61 Å². The molecule has 2 aliphatic carbocycles. The number of carbonyl (C=O) groups excluding carboxylic acids is 1. The van der Waals surface area contributed by atoms with Gasteiger partial charge in [0.2, 0.25) is 0 Å². The van der Waals surface area contributed by atoms with Gasteiger partial charge in [-0.1, -0.05) is 26.0 Å². The Kier molecular flexibility index (Phi) is 2.72. The molecule has 5 nitrogen and oxygen atoms in total. The van der Waals surface area contributed by atoms with Crippen molar-refractivity contribution >= 4 is 5.97 Å². The molecule has 24 heavy (non-hydrogen) atoms. The lowest BCUT2D eigenvalue weighted by Gasteiger charge is -2.56. The Morgan fingerprint density at radius 2 is 2.12 bits per heavy atom. The smallest absolute Gasteiger partial charge is 0.330 e. The predicted molar refractivity (Wildman–Crippen MR) is 85.3 cm³/mol. The maximum atomic E-state index is 12.1. The molecule has 0 aromatic heterocycles. The van der Waals surface area contributed by atoms with Gasteiger partial charge in [-0.2, -0.15) is 0 Å². The first-order valence-corrected chi connectivity index (χ1v) is 8.85. The minimum absolute atomic E-state index is 0.0171. The van der Waals surface area contributed by atoms with Crippen LogP contribution in [0.5, 0.6) is 0 Å². The summed E-state index contributed by atoms with van der Waals surface area (Å²) in [6, 6.07) is 0. The summed E-state index contributed by atoms with van der Waals surface area (Å²) in [4.78, 5) is 12.1. The van der Waals surface area contributed by atoms with Crippen LogP contribution in [-0.2, 0) is 23.7 Å². The van der Waals surface area contributed by atoms with E-state index in [1.54, 1.807) is 6.08 Å². The molecule has 5 aliphatic rings. The Hall–Kier alpha value is -1.17. The summed E-state index contributed by atoms with van der Waals surface area (Å²) < 4.78 is 24.4. The van der Waals surface area contributed by atoms with Crippen molar-refractivity contribution in [3.8, 4) is 0 Å². The second kappa shape index (κ2) is 4.32. The van der Waals surface area contributed by atoms with Gasteiger partial charge in [-0.25, -0.2) is 4.79 Å². The second-order valence-corrected chi connectivity index (χ2v) is 8.26. The molecule has 1 spiro atoms. The molecule has 0 aromatic carbocycles. The highest BCUT2D eigenvalue weighted by atomic mass is 16.6. The molecule has 8 atom stereocenters. The summed E-state index contributed by atoms with van der Waals surface area (Å²) in [5, 5.41) is 0. The molecule has 130 valence electrons. The molecule has 0 radical (unpaired) electrons. The number of allylic oxidation sites excluding steroid dienone is 1. The number of rotatable bonds is 2. The van der Waals surface area contributed by atoms with Crippen molar-refractivity contribution in [2.24, 2.45) is 10.8 Å². The summed E-state index contributed by atoms with van der Waals surface area (Å²) in [5.74, 6) is -0.289. The molecule has 5 rings (SSSR count). The van der Waals surface area contributed by atoms with E-state index in [0.717, 1.165) is 0 Å². The summed E-state index contributed by atoms with van der Waals surface area (Å²) in [6.07, 6.45) is 6.12. The SMILES string of the molecule is C/C=C\C(=O)O[C@@H]1C[C@H]2O[C@@H]3C=C(C)[C@@H]4OC4[C@]3(C)[C@]1(C)[C@]21CO1. The standard InChI is InChI=1S/C19H24O5/c1-5-6-14(20)23-12-8-13-19(9-21-19)18(12,4)17(3)11(22-13)7-10(2)15-16(17)24-15/h5-7,11-13,15-16H,8-9H2,1-4H3/b6-5-/t11-,12-,13-,15+,16?,17-,18-,19+/m1/s1. The zero-order chi connectivity index (χ0) is 16.9. The predicted octanol–water partition coefficient (Wildman–Crippen LogP) is 2.15. The maximum Gasteiger partial charge on any atom is 0.330 e. The van der Waals surface area contributed by atoms with Gasteiger partial charge in [0.25, 0.3) is 0 Å². The van der Waals surface area contributed by atoms with E-state index in [2.05, 4.69) is 26.8 Å². The molecular weight excluding hydrogens is 308 g/mol. The van der Waals surface area contributed by atoms with Crippen LogP contribution in [0.15, 0.2) is 23.8 Å². The molecule has 0 amide bonds. The van der Waals surface area contributed by atoms with Gasteiger partial charge in [-0.05, 0) is 19.4 Å². The fourth-order valence-corrected chi connectivity index (χ4v) is 5.77. The fourth-order valence-electron chi connectivity index (χ4n) is 5.77. The van der Waals surface area contributed by atoms with E-state index in [0.29, 0.717) is 13.0 Å². The van der Waals surface area contributed by atoms with Crippen molar-refractivity contribution in [1.82, 2.24) is 0 Å². The minimum Gasteiger partial charge on any atom is -0.458 e. The third-order valence-corrected chi connectivity index (χ3v) is 7.45. The monoisotopic (exact) mass is 332 g/mol. The summed E-state index contributed by atoms with van der Waals surface area (Å²) in [6.45, 7) is 9.05. The van der Waals surface area contributed by atoms with E-state index in [-0.39, 0.29) is 52.9 Å². The van der Waals surface area contributed by atoms with Crippen LogP contribution >= 0.6 is 0 Å². The topological polar surface area (TPSA) is 60.6 Å². The van der Waals surface area contributed by atoms with Gasteiger partial charge in [0.05, 0.1) is 24.9 Å². The number of ether oxygens (including phenoxy) is 4. The molecule has 2 bridgehead atoms. The van der Waals surface area contributed by atoms with E-state index in [1.165, 1.54) is 11.6 Å². The van der Waals surface area contributed by atoms with Crippen LogP contribution in [0.4, 0.5) is 0 Å². The molecule has 0 aromatic rings. The first-order chi connectivity index (χ1) is 11.4. The molecule has 3 heterocycles. The highest BCUT2D eigenvalue weighted by Crippen LogP contribution is 2.74. The van der Waals surface area contributed by atoms with Gasteiger partial charge >= 0.3 is 5.97 Å². The lowest BCUT2D eigenvalue weighted by molar-refractivity contribution is -0.212. The van der Waals surface area contributed by atoms with Gasteiger partial charge in [0, 0.05) is 23.3 Å². The average molecular weight is 332 g/mol. The Bertz CT molecular complexity index is 677. The van der Waals surface area contributed by atoms with Crippen molar-refractivity contribution in [1.29, 1.82) is 0 Å². The van der Waals surface area contributed by atoms with Crippen LogP contribution in [0.3, 0.4) is 0 Å². The first-order valence-electron chi connectivity index (χ1n) is 8.85. The average Bonchev–Trinajstić information content (AvgIpc) is 3.40. The number of epoxide rings is 2. The van der Waals surface area contributed by atoms with Gasteiger partial charge < -0.3 is 18.9 Å². The van der Waals surface area contributed by atoms with Crippen molar-refractivity contribution < 1.29 is 23.7 Å². The van der Waals surface area contributed by atoms with Gasteiger partial charge in [-0.15, -0.1) is 0 Å². The van der Waals surface area contributed by atoms with E-state index < -0.39 is 0 Å². The molecular formula is C19H24O5. The van der Waals surface area contributed by atoms with Crippen LogP contribution in [0.25, 0.3) is 0 Å². The number of fused-ring (bicyclic) bond motifs is 4. The van der Waals surface area contributed by atoms with E-state index in [4.69, 9.17) is 18.9 Å². The summed E-state index contributed by atoms with van der Waals surface area (Å²) >= 11 is 0. The molecule has 3 saturated heterocycles. The highest BCUT2D eigenvalue weighted by Gasteiger charge is 2.85. The Labute approximate surface area is 142 Å². The maximum absolute atomic E-state index is 12.1. The van der Waals surface area contributed by atoms with Gasteiger partial charge in [-0.3, -0.25) is 0 Å². The van der Waals surface area contributed by atoms with E-state index in [9.17, 15) is 4.79 Å². The Morgan fingerprint density at radius 3 is 2.79 bits per heavy atom. The Morgan fingerprint density at radius 1 is 1.38 bits per heavy atom. The lowest BCUT2D eigenvalue weighted by Crippen LogP contribution is -2.66. The van der Waals surface area contributed by atoms with E-state index in [1.807, 2.05) is 6.92 Å². The zero-order valence-corrected chi connectivity index (χ0v) is 14.6. The number of hydrogen-bond acceptors (Lipinski definition) is 5. The highest BCUT2D eigenvalue weighted by molar-refractivity contribution is 5.82. The van der Waals surface area contributed by atoms with Crippen LogP contribution in [0, 0.1) is 10.8 Å². The fraction of sp³-hybridized carbons (Fsp3) is 0.737. The molecule has 1 saturated carbocycles. The van der Waals surface area contributed by atoms with Gasteiger partial charge in [0.15, 0.2) is 0 Å². The normalized spacial score (nSPS) is 56.7. The van der Waals surface area contributed by atoms with Crippen molar-refractivity contribution in [3.63, 3.8) is 0 Å². The quantitative estimate of drug-likeness (QED) is 0.336. The third-order valence-electron chi connectivity index (χ3n) is 7.45. The van der Waals surface area contributed by atoms with Crippen molar-refractivity contribution in [2.45, 2.75) is 70.2 Å². The van der Waals surface area contributed by atoms with Crippen LogP contribution < -0.4 is 0 Å². The number of carbonyl (C=O) groups is 1. The zero-order valence-electron chi connectivity index (χ0n) is 14.6. The third kappa shape index (κ3) is 1.46. The largest absolute Gasteiger partial charge is 0.458 e. The Balaban J connectivity index is 1.60. The molecule has 3 aliphatic heterocycles. The van der Waals surface area contributed by atoms with Crippen LogP contribution in [-0.4, -0.2) is 48.7 Å². The first kappa shape index (κ1) is 15.1.